The maximum absolute atomic E-state index is 13.4. The van der Waals surface area contributed by atoms with Gasteiger partial charge in [0.2, 0.25) is 5.91 Å². The molecule has 0 bridgehead atoms. The highest BCUT2D eigenvalue weighted by Crippen LogP contribution is 2.32. The molecule has 2 heteroatoms. The largest absolute Gasteiger partial charge is 0.341 e. The van der Waals surface area contributed by atoms with Gasteiger partial charge in [-0.15, -0.1) is 0 Å². The van der Waals surface area contributed by atoms with Crippen LogP contribution < -0.4 is 0 Å². The van der Waals surface area contributed by atoms with E-state index in [0.29, 0.717) is 5.92 Å². The minimum absolute atomic E-state index is 0.209. The molecule has 0 aliphatic carbocycles. The molecule has 0 radical (unpaired) electrons. The van der Waals surface area contributed by atoms with E-state index in [-0.39, 0.29) is 11.8 Å². The van der Waals surface area contributed by atoms with E-state index in [2.05, 4.69) is 48.5 Å². The number of carbonyl (C=O) groups excluding carboxylic acids is 1. The lowest BCUT2D eigenvalue weighted by Crippen LogP contribution is -2.33. The number of amides is 1. The Kier molecular flexibility index (Phi) is 4.83. The molecule has 0 aromatic heterocycles. The summed E-state index contributed by atoms with van der Waals surface area (Å²) >= 11 is 0. The van der Waals surface area contributed by atoms with Gasteiger partial charge < -0.3 is 4.90 Å². The predicted molar refractivity (Wildman–Crippen MR) is 105 cm³/mol. The molecule has 1 saturated heterocycles. The first-order valence-electron chi connectivity index (χ1n) is 9.26. The number of benzene rings is 3. The molecule has 1 aliphatic rings. The molecule has 26 heavy (non-hydrogen) atoms. The number of nitrogens with zero attached hydrogens (tertiary/aromatic N) is 1. The first-order valence-corrected chi connectivity index (χ1v) is 9.26. The van der Waals surface area contributed by atoms with Crippen LogP contribution in [0.25, 0.3) is 0 Å². The van der Waals surface area contributed by atoms with Crippen LogP contribution in [0.1, 0.15) is 34.9 Å². The number of hydrogen-bond donors (Lipinski definition) is 0. The summed E-state index contributed by atoms with van der Waals surface area (Å²) < 4.78 is 0. The Hall–Kier alpha value is -2.87. The van der Waals surface area contributed by atoms with Crippen LogP contribution in [0.2, 0.25) is 0 Å². The van der Waals surface area contributed by atoms with Crippen molar-refractivity contribution >= 4 is 5.91 Å². The molecule has 2 nitrogen and oxygen atoms in total. The fourth-order valence-electron chi connectivity index (χ4n) is 3.91. The summed E-state index contributed by atoms with van der Waals surface area (Å²) in [6.07, 6.45) is 1.03. The smallest absolute Gasteiger partial charge is 0.234 e. The Morgan fingerprint density at radius 2 is 1.27 bits per heavy atom. The molecule has 1 unspecified atom stereocenters. The second kappa shape index (κ2) is 7.57. The Morgan fingerprint density at radius 1 is 0.769 bits per heavy atom. The number of likely N-dealkylation sites (tertiary alicyclic amines) is 1. The lowest BCUT2D eigenvalue weighted by atomic mass is 9.90. The third-order valence-electron chi connectivity index (χ3n) is 5.28. The van der Waals surface area contributed by atoms with E-state index in [1.807, 2.05) is 47.4 Å². The van der Waals surface area contributed by atoms with E-state index >= 15 is 0 Å². The van der Waals surface area contributed by atoms with Gasteiger partial charge in [0.05, 0.1) is 5.92 Å². The van der Waals surface area contributed by atoms with Crippen molar-refractivity contribution in [2.75, 3.05) is 13.1 Å². The summed E-state index contributed by atoms with van der Waals surface area (Å²) in [4.78, 5) is 15.5. The topological polar surface area (TPSA) is 20.3 Å². The standard InChI is InChI=1S/C24H23NO/c26-24(25-17-16-22(18-25)19-10-4-1-5-11-19)23(20-12-6-2-7-13-20)21-14-8-3-9-15-21/h1-15,22-23H,16-18H2. The summed E-state index contributed by atoms with van der Waals surface area (Å²) in [7, 11) is 0. The molecule has 0 saturated carbocycles. The van der Waals surface area contributed by atoms with Crippen LogP contribution in [-0.4, -0.2) is 23.9 Å². The van der Waals surface area contributed by atoms with E-state index in [1.54, 1.807) is 0 Å². The van der Waals surface area contributed by atoms with E-state index in [0.717, 1.165) is 30.6 Å². The third-order valence-corrected chi connectivity index (χ3v) is 5.28. The van der Waals surface area contributed by atoms with Crippen LogP contribution in [0.15, 0.2) is 91.0 Å². The Balaban J connectivity index is 1.60. The molecule has 1 atom stereocenters. The van der Waals surface area contributed by atoms with Crippen LogP contribution in [0.4, 0.5) is 0 Å². The average Bonchev–Trinajstić information content (AvgIpc) is 3.21. The van der Waals surface area contributed by atoms with Crippen LogP contribution >= 0.6 is 0 Å². The minimum atomic E-state index is -0.230. The summed E-state index contributed by atoms with van der Waals surface area (Å²) in [6, 6.07) is 30.8. The Morgan fingerprint density at radius 3 is 1.81 bits per heavy atom. The monoisotopic (exact) mass is 341 g/mol. The van der Waals surface area contributed by atoms with E-state index < -0.39 is 0 Å². The van der Waals surface area contributed by atoms with Crippen molar-refractivity contribution < 1.29 is 4.79 Å². The molecule has 1 aliphatic heterocycles. The zero-order valence-electron chi connectivity index (χ0n) is 14.8. The van der Waals surface area contributed by atoms with Crippen molar-refractivity contribution in [3.63, 3.8) is 0 Å². The zero-order valence-corrected chi connectivity index (χ0v) is 14.8. The van der Waals surface area contributed by atoms with Crippen LogP contribution in [0, 0.1) is 0 Å². The van der Waals surface area contributed by atoms with Crippen molar-refractivity contribution in [1.82, 2.24) is 4.90 Å². The number of rotatable bonds is 4. The van der Waals surface area contributed by atoms with E-state index in [4.69, 9.17) is 0 Å². The van der Waals surface area contributed by atoms with Gasteiger partial charge in [-0.1, -0.05) is 91.0 Å². The van der Waals surface area contributed by atoms with Gasteiger partial charge in [0.1, 0.15) is 0 Å². The normalized spacial score (nSPS) is 16.8. The summed E-state index contributed by atoms with van der Waals surface area (Å²) in [5.41, 5.74) is 3.46. The van der Waals surface area contributed by atoms with Gasteiger partial charge in [-0.3, -0.25) is 4.79 Å². The molecule has 1 fully saturated rings. The number of carbonyl (C=O) groups is 1. The zero-order chi connectivity index (χ0) is 17.8. The fourth-order valence-corrected chi connectivity index (χ4v) is 3.91. The summed E-state index contributed by atoms with van der Waals surface area (Å²) in [6.45, 7) is 1.63. The molecule has 1 heterocycles. The highest BCUT2D eigenvalue weighted by molar-refractivity contribution is 5.87. The van der Waals surface area contributed by atoms with Crippen LogP contribution in [0.3, 0.4) is 0 Å². The van der Waals surface area contributed by atoms with Crippen molar-refractivity contribution in [2.45, 2.75) is 18.3 Å². The van der Waals surface area contributed by atoms with Gasteiger partial charge in [0.25, 0.3) is 0 Å². The molecular weight excluding hydrogens is 318 g/mol. The second-order valence-electron chi connectivity index (χ2n) is 6.93. The lowest BCUT2D eigenvalue weighted by molar-refractivity contribution is -0.130. The summed E-state index contributed by atoms with van der Waals surface area (Å²) in [5, 5.41) is 0. The van der Waals surface area contributed by atoms with Crippen molar-refractivity contribution in [3.8, 4) is 0 Å². The van der Waals surface area contributed by atoms with Gasteiger partial charge in [0, 0.05) is 19.0 Å². The molecule has 130 valence electrons. The lowest BCUT2D eigenvalue weighted by Gasteiger charge is -2.24. The van der Waals surface area contributed by atoms with Crippen molar-refractivity contribution in [3.05, 3.63) is 108 Å². The molecule has 0 spiro atoms. The molecule has 1 amide bonds. The highest BCUT2D eigenvalue weighted by atomic mass is 16.2. The first kappa shape index (κ1) is 16.6. The third kappa shape index (κ3) is 3.41. The highest BCUT2D eigenvalue weighted by Gasteiger charge is 2.32. The van der Waals surface area contributed by atoms with E-state index in [1.165, 1.54) is 5.56 Å². The van der Waals surface area contributed by atoms with Gasteiger partial charge in [0.15, 0.2) is 0 Å². The summed E-state index contributed by atoms with van der Waals surface area (Å²) in [5.74, 6) is 0.417. The van der Waals surface area contributed by atoms with Crippen LogP contribution in [0.5, 0.6) is 0 Å². The van der Waals surface area contributed by atoms with Crippen molar-refractivity contribution in [1.29, 1.82) is 0 Å². The average molecular weight is 341 g/mol. The second-order valence-corrected chi connectivity index (χ2v) is 6.93. The molecule has 0 N–H and O–H groups in total. The quantitative estimate of drug-likeness (QED) is 0.665. The molecule has 4 rings (SSSR count). The van der Waals surface area contributed by atoms with E-state index in [9.17, 15) is 4.79 Å². The molecule has 3 aromatic rings. The molecule has 3 aromatic carbocycles. The SMILES string of the molecule is O=C(C(c1ccccc1)c1ccccc1)N1CCC(c2ccccc2)C1. The fraction of sp³-hybridized carbons (Fsp3) is 0.208. The predicted octanol–water partition coefficient (Wildman–Crippen LogP) is 4.83. The minimum Gasteiger partial charge on any atom is -0.341 e. The van der Waals surface area contributed by atoms with Gasteiger partial charge in [-0.2, -0.15) is 0 Å². The Labute approximate surface area is 155 Å². The number of hydrogen-bond acceptors (Lipinski definition) is 1. The van der Waals surface area contributed by atoms with Gasteiger partial charge >= 0.3 is 0 Å². The Bertz CT molecular complexity index is 806. The maximum Gasteiger partial charge on any atom is 0.234 e. The van der Waals surface area contributed by atoms with Gasteiger partial charge in [-0.05, 0) is 23.1 Å². The first-order chi connectivity index (χ1) is 12.8. The maximum atomic E-state index is 13.4. The molecular formula is C24H23NO. The van der Waals surface area contributed by atoms with Gasteiger partial charge in [-0.25, -0.2) is 0 Å². The van der Waals surface area contributed by atoms with Crippen LogP contribution in [-0.2, 0) is 4.79 Å². The van der Waals surface area contributed by atoms with Crippen molar-refractivity contribution in [2.24, 2.45) is 0 Å².